The summed E-state index contributed by atoms with van der Waals surface area (Å²) >= 11 is 0. The molecule has 0 unspecified atom stereocenters. The predicted molar refractivity (Wildman–Crippen MR) is 69.8 cm³/mol. The zero-order valence-corrected chi connectivity index (χ0v) is 11.6. The summed E-state index contributed by atoms with van der Waals surface area (Å²) in [6, 6.07) is 6.80. The van der Waals surface area contributed by atoms with Crippen molar-refractivity contribution in [2.45, 2.75) is 25.0 Å². The molecule has 2 aromatic rings. The van der Waals surface area contributed by atoms with Gasteiger partial charge in [0.25, 0.3) is 0 Å². The lowest BCUT2D eigenvalue weighted by atomic mass is 10.2. The van der Waals surface area contributed by atoms with Crippen molar-refractivity contribution < 1.29 is 22.3 Å². The van der Waals surface area contributed by atoms with Crippen LogP contribution in [0.25, 0.3) is 0 Å². The Balaban J connectivity index is 2.14. The SMILES string of the molecule is Cc1oc(CO)cc1S(=O)(=O)NCc1ccc(F)cc1. The number of halogens is 1. The second-order valence-corrected chi connectivity index (χ2v) is 5.98. The largest absolute Gasteiger partial charge is 0.462 e. The summed E-state index contributed by atoms with van der Waals surface area (Å²) in [6.07, 6.45) is 0. The summed E-state index contributed by atoms with van der Waals surface area (Å²) < 4.78 is 44.4. The third-order valence-corrected chi connectivity index (χ3v) is 4.26. The van der Waals surface area contributed by atoms with Crippen LogP contribution in [0.5, 0.6) is 0 Å². The van der Waals surface area contributed by atoms with Gasteiger partial charge in [0.05, 0.1) is 0 Å². The van der Waals surface area contributed by atoms with Gasteiger partial charge in [-0.3, -0.25) is 0 Å². The molecule has 5 nitrogen and oxygen atoms in total. The average molecular weight is 299 g/mol. The number of furan rings is 1. The summed E-state index contributed by atoms with van der Waals surface area (Å²) in [7, 11) is -3.74. The monoisotopic (exact) mass is 299 g/mol. The second kappa shape index (κ2) is 5.74. The topological polar surface area (TPSA) is 79.5 Å². The van der Waals surface area contributed by atoms with Gasteiger partial charge in [0.2, 0.25) is 10.0 Å². The van der Waals surface area contributed by atoms with Gasteiger partial charge < -0.3 is 9.52 Å². The molecule has 1 heterocycles. The van der Waals surface area contributed by atoms with E-state index in [4.69, 9.17) is 9.52 Å². The van der Waals surface area contributed by atoms with Gasteiger partial charge in [-0.2, -0.15) is 0 Å². The molecule has 0 atom stereocenters. The van der Waals surface area contributed by atoms with Gasteiger partial charge in [-0.05, 0) is 24.6 Å². The van der Waals surface area contributed by atoms with Crippen LogP contribution in [-0.2, 0) is 23.2 Å². The van der Waals surface area contributed by atoms with E-state index in [0.717, 1.165) is 0 Å². The average Bonchev–Trinajstić information content (AvgIpc) is 2.80. The van der Waals surface area contributed by atoms with Crippen molar-refractivity contribution in [3.05, 3.63) is 53.2 Å². The van der Waals surface area contributed by atoms with Crippen LogP contribution in [0.2, 0.25) is 0 Å². The molecular weight excluding hydrogens is 285 g/mol. The van der Waals surface area contributed by atoms with Crippen molar-refractivity contribution in [3.63, 3.8) is 0 Å². The van der Waals surface area contributed by atoms with Crippen molar-refractivity contribution in [2.75, 3.05) is 0 Å². The predicted octanol–water partition coefficient (Wildman–Crippen LogP) is 1.70. The molecule has 0 saturated carbocycles. The molecule has 0 radical (unpaired) electrons. The standard InChI is InChI=1S/C13H14FNO4S/c1-9-13(6-12(8-16)19-9)20(17,18)15-7-10-2-4-11(14)5-3-10/h2-6,15-16H,7-8H2,1H3. The van der Waals surface area contributed by atoms with Crippen LogP contribution in [0.3, 0.4) is 0 Å². The Morgan fingerprint density at radius 3 is 2.50 bits per heavy atom. The van der Waals surface area contributed by atoms with Crippen LogP contribution in [0.4, 0.5) is 4.39 Å². The van der Waals surface area contributed by atoms with Crippen LogP contribution >= 0.6 is 0 Å². The smallest absolute Gasteiger partial charge is 0.244 e. The quantitative estimate of drug-likeness (QED) is 0.880. The summed E-state index contributed by atoms with van der Waals surface area (Å²) in [5.74, 6) is 0.0141. The summed E-state index contributed by atoms with van der Waals surface area (Å²) in [4.78, 5) is -0.0105. The van der Waals surface area contributed by atoms with E-state index in [-0.39, 0.29) is 35.4 Å². The third kappa shape index (κ3) is 3.24. The number of hydrogen-bond acceptors (Lipinski definition) is 4. The lowest BCUT2D eigenvalue weighted by Crippen LogP contribution is -2.23. The summed E-state index contributed by atoms with van der Waals surface area (Å²) in [5, 5.41) is 8.93. The number of aliphatic hydroxyl groups is 1. The molecule has 1 aromatic carbocycles. The molecule has 0 aliphatic carbocycles. The molecular formula is C13H14FNO4S. The molecule has 20 heavy (non-hydrogen) atoms. The highest BCUT2D eigenvalue weighted by Crippen LogP contribution is 2.20. The Bertz CT molecular complexity index is 692. The maximum Gasteiger partial charge on any atom is 0.244 e. The first kappa shape index (κ1) is 14.7. The highest BCUT2D eigenvalue weighted by molar-refractivity contribution is 7.89. The molecule has 0 aliphatic heterocycles. The minimum absolute atomic E-state index is 0.0105. The van der Waals surface area contributed by atoms with E-state index in [1.54, 1.807) is 0 Å². The summed E-state index contributed by atoms with van der Waals surface area (Å²) in [5.41, 5.74) is 0.638. The fraction of sp³-hybridized carbons (Fsp3) is 0.231. The molecule has 2 N–H and O–H groups in total. The van der Waals surface area contributed by atoms with Crippen LogP contribution in [0.1, 0.15) is 17.1 Å². The van der Waals surface area contributed by atoms with Crippen molar-refractivity contribution >= 4 is 10.0 Å². The fourth-order valence-electron chi connectivity index (χ4n) is 1.73. The number of aliphatic hydroxyl groups excluding tert-OH is 1. The van der Waals surface area contributed by atoms with Crippen LogP contribution in [-0.4, -0.2) is 13.5 Å². The van der Waals surface area contributed by atoms with E-state index in [1.807, 2.05) is 0 Å². The minimum Gasteiger partial charge on any atom is -0.462 e. The Morgan fingerprint density at radius 1 is 1.30 bits per heavy atom. The van der Waals surface area contributed by atoms with Gasteiger partial charge in [-0.1, -0.05) is 12.1 Å². The van der Waals surface area contributed by atoms with Crippen molar-refractivity contribution in [2.24, 2.45) is 0 Å². The van der Waals surface area contributed by atoms with Gasteiger partial charge in [0.1, 0.15) is 28.8 Å². The van der Waals surface area contributed by atoms with Crippen LogP contribution in [0, 0.1) is 12.7 Å². The van der Waals surface area contributed by atoms with E-state index in [2.05, 4.69) is 4.72 Å². The number of hydrogen-bond donors (Lipinski definition) is 2. The first-order valence-electron chi connectivity index (χ1n) is 5.86. The van der Waals surface area contributed by atoms with Crippen LogP contribution in [0.15, 0.2) is 39.6 Å². The molecule has 0 aliphatic rings. The molecule has 108 valence electrons. The van der Waals surface area contributed by atoms with Crippen molar-refractivity contribution in [1.29, 1.82) is 0 Å². The zero-order chi connectivity index (χ0) is 14.8. The van der Waals surface area contributed by atoms with E-state index < -0.39 is 10.0 Å². The fourth-order valence-corrected chi connectivity index (χ4v) is 2.95. The number of sulfonamides is 1. The Morgan fingerprint density at radius 2 is 1.95 bits per heavy atom. The van der Waals surface area contributed by atoms with Gasteiger partial charge in [-0.15, -0.1) is 0 Å². The lowest BCUT2D eigenvalue weighted by molar-refractivity contribution is 0.244. The maximum absolute atomic E-state index is 12.7. The first-order valence-corrected chi connectivity index (χ1v) is 7.35. The molecule has 7 heteroatoms. The highest BCUT2D eigenvalue weighted by atomic mass is 32.2. The van der Waals surface area contributed by atoms with Gasteiger partial charge in [0.15, 0.2) is 0 Å². The van der Waals surface area contributed by atoms with Crippen molar-refractivity contribution in [1.82, 2.24) is 4.72 Å². The third-order valence-electron chi connectivity index (χ3n) is 2.75. The maximum atomic E-state index is 12.7. The molecule has 2 rings (SSSR count). The number of aryl methyl sites for hydroxylation is 1. The Kier molecular flexibility index (Phi) is 4.22. The highest BCUT2D eigenvalue weighted by Gasteiger charge is 2.20. The Hall–Kier alpha value is -1.70. The number of nitrogens with one attached hydrogen (secondary N) is 1. The van der Waals surface area contributed by atoms with E-state index in [9.17, 15) is 12.8 Å². The van der Waals surface area contributed by atoms with Crippen molar-refractivity contribution in [3.8, 4) is 0 Å². The first-order chi connectivity index (χ1) is 9.42. The molecule has 1 aromatic heterocycles. The number of benzene rings is 1. The number of rotatable bonds is 5. The molecule has 0 fully saturated rings. The molecule has 0 amide bonds. The second-order valence-electron chi connectivity index (χ2n) is 4.24. The van der Waals surface area contributed by atoms with E-state index in [0.29, 0.717) is 5.56 Å². The zero-order valence-electron chi connectivity index (χ0n) is 10.8. The minimum atomic E-state index is -3.74. The molecule has 0 saturated heterocycles. The van der Waals surface area contributed by atoms with Gasteiger partial charge >= 0.3 is 0 Å². The van der Waals surface area contributed by atoms with Crippen LogP contribution < -0.4 is 4.72 Å². The summed E-state index contributed by atoms with van der Waals surface area (Å²) in [6.45, 7) is 1.18. The van der Waals surface area contributed by atoms with E-state index in [1.165, 1.54) is 37.3 Å². The van der Waals surface area contributed by atoms with Gasteiger partial charge in [-0.25, -0.2) is 17.5 Å². The molecule has 0 bridgehead atoms. The lowest BCUT2D eigenvalue weighted by Gasteiger charge is -2.05. The molecule has 0 spiro atoms. The van der Waals surface area contributed by atoms with Gasteiger partial charge in [0, 0.05) is 12.6 Å². The Labute approximate surface area is 116 Å². The normalized spacial score (nSPS) is 11.8. The van der Waals surface area contributed by atoms with E-state index >= 15 is 0 Å².